The summed E-state index contributed by atoms with van der Waals surface area (Å²) in [6, 6.07) is 0. The fourth-order valence-corrected chi connectivity index (χ4v) is 1.62. The average Bonchev–Trinajstić information content (AvgIpc) is 2.46. The molecule has 2 heteroatoms. The zero-order chi connectivity index (χ0) is 8.55. The van der Waals surface area contributed by atoms with E-state index >= 15 is 0 Å². The molecule has 1 aliphatic rings. The molecule has 0 fully saturated rings. The van der Waals surface area contributed by atoms with Crippen molar-refractivity contribution in [2.75, 3.05) is 0 Å². The normalized spacial score (nSPS) is 16.6. The van der Waals surface area contributed by atoms with Crippen LogP contribution in [-0.4, -0.2) is 4.98 Å². The van der Waals surface area contributed by atoms with Crippen molar-refractivity contribution < 1.29 is 4.42 Å². The third-order valence-electron chi connectivity index (χ3n) is 2.36. The Morgan fingerprint density at radius 1 is 1.25 bits per heavy atom. The fraction of sp³-hybridized carbons (Fsp3) is 0.700. The summed E-state index contributed by atoms with van der Waals surface area (Å²) in [6.45, 7) is 4.24. The Balaban J connectivity index is 2.32. The van der Waals surface area contributed by atoms with Gasteiger partial charge < -0.3 is 4.42 Å². The molecule has 0 radical (unpaired) electrons. The van der Waals surface area contributed by atoms with Crippen molar-refractivity contribution in [1.82, 2.24) is 4.98 Å². The van der Waals surface area contributed by atoms with E-state index in [1.54, 1.807) is 0 Å². The Bertz CT molecular complexity index is 252. The minimum Gasteiger partial charge on any atom is -0.445 e. The molecule has 0 aromatic carbocycles. The van der Waals surface area contributed by atoms with Gasteiger partial charge in [0.25, 0.3) is 0 Å². The Hall–Kier alpha value is -0.790. The molecule has 66 valence electrons. The van der Waals surface area contributed by atoms with Gasteiger partial charge in [-0.05, 0) is 19.3 Å². The van der Waals surface area contributed by atoms with E-state index in [-0.39, 0.29) is 0 Å². The molecule has 0 atom stereocenters. The van der Waals surface area contributed by atoms with Crippen LogP contribution >= 0.6 is 0 Å². The van der Waals surface area contributed by atoms with Gasteiger partial charge in [-0.3, -0.25) is 0 Å². The first-order chi connectivity index (χ1) is 5.77. The lowest BCUT2D eigenvalue weighted by atomic mass is 10.0. The number of rotatable bonds is 1. The first-order valence-electron chi connectivity index (χ1n) is 4.76. The number of hydrogen-bond donors (Lipinski definition) is 0. The van der Waals surface area contributed by atoms with E-state index in [4.69, 9.17) is 4.42 Å². The van der Waals surface area contributed by atoms with Gasteiger partial charge in [-0.1, -0.05) is 13.8 Å². The summed E-state index contributed by atoms with van der Waals surface area (Å²) in [4.78, 5) is 4.48. The summed E-state index contributed by atoms with van der Waals surface area (Å²) in [7, 11) is 0. The highest BCUT2D eigenvalue weighted by molar-refractivity contribution is 5.14. The van der Waals surface area contributed by atoms with Crippen molar-refractivity contribution in [2.24, 2.45) is 0 Å². The number of nitrogens with zero attached hydrogens (tertiary/aromatic N) is 1. The van der Waals surface area contributed by atoms with Crippen LogP contribution < -0.4 is 0 Å². The second-order valence-corrected chi connectivity index (χ2v) is 3.78. The molecule has 0 amide bonds. The predicted octanol–water partition coefficient (Wildman–Crippen LogP) is 2.68. The summed E-state index contributed by atoms with van der Waals surface area (Å²) in [6.07, 6.45) is 4.75. The Kier molecular flexibility index (Phi) is 1.91. The van der Waals surface area contributed by atoms with Crippen LogP contribution in [0.2, 0.25) is 0 Å². The van der Waals surface area contributed by atoms with Crippen molar-refractivity contribution >= 4 is 0 Å². The molecule has 0 aliphatic heterocycles. The number of aryl methyl sites for hydroxylation is 2. The van der Waals surface area contributed by atoms with Crippen molar-refractivity contribution in [3.8, 4) is 0 Å². The van der Waals surface area contributed by atoms with E-state index in [2.05, 4.69) is 18.8 Å². The van der Waals surface area contributed by atoms with Gasteiger partial charge in [0.15, 0.2) is 5.89 Å². The van der Waals surface area contributed by atoms with E-state index in [0.717, 1.165) is 24.5 Å². The Morgan fingerprint density at radius 3 is 2.67 bits per heavy atom. The van der Waals surface area contributed by atoms with E-state index in [1.165, 1.54) is 18.5 Å². The van der Waals surface area contributed by atoms with Crippen molar-refractivity contribution in [2.45, 2.75) is 45.4 Å². The number of oxazole rings is 1. The van der Waals surface area contributed by atoms with Crippen LogP contribution in [-0.2, 0) is 12.8 Å². The maximum Gasteiger partial charge on any atom is 0.197 e. The molecule has 2 nitrogen and oxygen atoms in total. The fourth-order valence-electron chi connectivity index (χ4n) is 1.62. The standard InChI is InChI=1S/C10H15NO/c1-7(2)10-11-8-5-3-4-6-9(8)12-10/h7H,3-6H2,1-2H3. The second kappa shape index (κ2) is 2.92. The molecule has 1 aliphatic carbocycles. The van der Waals surface area contributed by atoms with Crippen molar-refractivity contribution in [3.63, 3.8) is 0 Å². The van der Waals surface area contributed by atoms with Gasteiger partial charge in [-0.2, -0.15) is 0 Å². The maximum absolute atomic E-state index is 5.66. The molecular formula is C10H15NO. The molecule has 1 aromatic rings. The lowest BCUT2D eigenvalue weighted by molar-refractivity contribution is 0.424. The summed E-state index contributed by atoms with van der Waals surface area (Å²) in [5, 5.41) is 0. The molecule has 0 saturated heterocycles. The quantitative estimate of drug-likeness (QED) is 0.639. The lowest BCUT2D eigenvalue weighted by Gasteiger charge is -2.05. The molecule has 1 heterocycles. The molecule has 0 saturated carbocycles. The van der Waals surface area contributed by atoms with Gasteiger partial charge >= 0.3 is 0 Å². The summed E-state index contributed by atoms with van der Waals surface area (Å²) < 4.78 is 5.66. The molecule has 12 heavy (non-hydrogen) atoms. The monoisotopic (exact) mass is 165 g/mol. The SMILES string of the molecule is CC(C)c1nc2c(o1)CCCC2. The van der Waals surface area contributed by atoms with Crippen LogP contribution in [0.15, 0.2) is 4.42 Å². The van der Waals surface area contributed by atoms with Crippen LogP contribution in [0.1, 0.15) is 50.0 Å². The van der Waals surface area contributed by atoms with Crippen LogP contribution in [0.5, 0.6) is 0 Å². The summed E-state index contributed by atoms with van der Waals surface area (Å²) in [5.41, 5.74) is 1.21. The van der Waals surface area contributed by atoms with Crippen LogP contribution in [0, 0.1) is 0 Å². The summed E-state index contributed by atoms with van der Waals surface area (Å²) >= 11 is 0. The minimum atomic E-state index is 0.426. The number of fused-ring (bicyclic) bond motifs is 1. The van der Waals surface area contributed by atoms with E-state index in [1.807, 2.05) is 0 Å². The average molecular weight is 165 g/mol. The highest BCUT2D eigenvalue weighted by Crippen LogP contribution is 2.24. The molecule has 2 rings (SSSR count). The predicted molar refractivity (Wildman–Crippen MR) is 47.2 cm³/mol. The largest absolute Gasteiger partial charge is 0.445 e. The highest BCUT2D eigenvalue weighted by Gasteiger charge is 2.17. The third-order valence-corrected chi connectivity index (χ3v) is 2.36. The molecule has 0 N–H and O–H groups in total. The number of hydrogen-bond acceptors (Lipinski definition) is 2. The van der Waals surface area contributed by atoms with Gasteiger partial charge in [0.05, 0.1) is 5.69 Å². The van der Waals surface area contributed by atoms with Gasteiger partial charge in [0, 0.05) is 12.3 Å². The molecular weight excluding hydrogens is 150 g/mol. The van der Waals surface area contributed by atoms with Crippen LogP contribution in [0.4, 0.5) is 0 Å². The third kappa shape index (κ3) is 1.26. The Labute approximate surface area is 73.0 Å². The van der Waals surface area contributed by atoms with E-state index in [0.29, 0.717) is 5.92 Å². The van der Waals surface area contributed by atoms with Gasteiger partial charge in [-0.15, -0.1) is 0 Å². The highest BCUT2D eigenvalue weighted by atomic mass is 16.4. The van der Waals surface area contributed by atoms with E-state index < -0.39 is 0 Å². The van der Waals surface area contributed by atoms with Gasteiger partial charge in [-0.25, -0.2) is 4.98 Å². The minimum absolute atomic E-state index is 0.426. The molecule has 0 spiro atoms. The van der Waals surface area contributed by atoms with Crippen LogP contribution in [0.25, 0.3) is 0 Å². The van der Waals surface area contributed by atoms with E-state index in [9.17, 15) is 0 Å². The van der Waals surface area contributed by atoms with Gasteiger partial charge in [0.1, 0.15) is 5.76 Å². The lowest BCUT2D eigenvalue weighted by Crippen LogP contribution is -1.99. The molecule has 1 aromatic heterocycles. The second-order valence-electron chi connectivity index (χ2n) is 3.78. The topological polar surface area (TPSA) is 26.0 Å². The molecule has 0 unspecified atom stereocenters. The zero-order valence-electron chi connectivity index (χ0n) is 7.76. The van der Waals surface area contributed by atoms with Gasteiger partial charge in [0.2, 0.25) is 0 Å². The van der Waals surface area contributed by atoms with Crippen molar-refractivity contribution in [1.29, 1.82) is 0 Å². The molecule has 0 bridgehead atoms. The maximum atomic E-state index is 5.66. The first-order valence-corrected chi connectivity index (χ1v) is 4.76. The summed E-state index contributed by atoms with van der Waals surface area (Å²) in [5.74, 6) is 2.49. The first kappa shape index (κ1) is 7.84. The Morgan fingerprint density at radius 2 is 2.00 bits per heavy atom. The van der Waals surface area contributed by atoms with Crippen molar-refractivity contribution in [3.05, 3.63) is 17.3 Å². The number of aromatic nitrogens is 1. The van der Waals surface area contributed by atoms with Crippen LogP contribution in [0.3, 0.4) is 0 Å². The smallest absolute Gasteiger partial charge is 0.197 e. The zero-order valence-corrected chi connectivity index (χ0v) is 7.76.